The largest absolute Gasteiger partial charge is 0.444 e. The number of oxazole rings is 1. The molecule has 0 fully saturated rings. The van der Waals surface area contributed by atoms with Gasteiger partial charge in [0.05, 0.1) is 12.2 Å². The van der Waals surface area contributed by atoms with Gasteiger partial charge in [-0.25, -0.2) is 4.98 Å². The molecule has 0 aliphatic heterocycles. The molecule has 0 unspecified atom stereocenters. The molecule has 0 saturated carbocycles. The average molecular weight is 437 g/mol. The number of aromatic nitrogens is 1. The highest BCUT2D eigenvalue weighted by molar-refractivity contribution is 14.0. The lowest BCUT2D eigenvalue weighted by Gasteiger charge is -2.18. The summed E-state index contributed by atoms with van der Waals surface area (Å²) in [5.41, 5.74) is 0.519. The van der Waals surface area contributed by atoms with Crippen LogP contribution in [0.1, 0.15) is 38.1 Å². The van der Waals surface area contributed by atoms with Crippen molar-refractivity contribution < 1.29 is 9.21 Å². The van der Waals surface area contributed by atoms with E-state index in [4.69, 9.17) is 4.42 Å². The van der Waals surface area contributed by atoms with Crippen molar-refractivity contribution in [1.82, 2.24) is 20.9 Å². The standard InChI is InChI=1S/C15H27N5O2.HI/c1-10-11(2)22-12(20-10)9-19-14(16-6)18-8-7-17-13(21)15(3,4)5;/h7-9H2,1-6H3,(H,17,21)(H2,16,18,19);1H. The first-order chi connectivity index (χ1) is 10.2. The zero-order chi connectivity index (χ0) is 16.8. The number of nitrogens with one attached hydrogen (secondary N) is 3. The van der Waals surface area contributed by atoms with Crippen LogP contribution in [0, 0.1) is 19.3 Å². The Balaban J connectivity index is 0.00000484. The molecule has 132 valence electrons. The van der Waals surface area contributed by atoms with Gasteiger partial charge >= 0.3 is 0 Å². The lowest BCUT2D eigenvalue weighted by Crippen LogP contribution is -2.43. The number of amides is 1. The summed E-state index contributed by atoms with van der Waals surface area (Å²) in [5, 5.41) is 9.11. The second-order valence-corrected chi connectivity index (χ2v) is 6.11. The predicted molar refractivity (Wildman–Crippen MR) is 102 cm³/mol. The minimum absolute atomic E-state index is 0. The Morgan fingerprint density at radius 2 is 1.78 bits per heavy atom. The summed E-state index contributed by atoms with van der Waals surface area (Å²) in [5.74, 6) is 2.12. The zero-order valence-electron chi connectivity index (χ0n) is 14.7. The van der Waals surface area contributed by atoms with Crippen LogP contribution in [0.15, 0.2) is 9.41 Å². The van der Waals surface area contributed by atoms with Gasteiger partial charge in [0.15, 0.2) is 5.96 Å². The van der Waals surface area contributed by atoms with Crippen molar-refractivity contribution in [3.8, 4) is 0 Å². The first-order valence-electron chi connectivity index (χ1n) is 7.39. The minimum atomic E-state index is -0.374. The maximum atomic E-state index is 11.7. The molecule has 0 aliphatic carbocycles. The van der Waals surface area contributed by atoms with Gasteiger partial charge < -0.3 is 20.4 Å². The lowest BCUT2D eigenvalue weighted by molar-refractivity contribution is -0.128. The van der Waals surface area contributed by atoms with E-state index in [0.717, 1.165) is 11.5 Å². The molecule has 8 heteroatoms. The maximum absolute atomic E-state index is 11.7. The van der Waals surface area contributed by atoms with Gasteiger partial charge in [0.1, 0.15) is 5.76 Å². The van der Waals surface area contributed by atoms with Crippen LogP contribution < -0.4 is 16.0 Å². The summed E-state index contributed by atoms with van der Waals surface area (Å²) in [6.07, 6.45) is 0. The second-order valence-electron chi connectivity index (χ2n) is 6.11. The van der Waals surface area contributed by atoms with Crippen molar-refractivity contribution >= 4 is 35.8 Å². The molecular weight excluding hydrogens is 409 g/mol. The van der Waals surface area contributed by atoms with Gasteiger partial charge in [0.2, 0.25) is 11.8 Å². The third kappa shape index (κ3) is 7.67. The van der Waals surface area contributed by atoms with Crippen molar-refractivity contribution in [2.45, 2.75) is 41.2 Å². The average Bonchev–Trinajstić information content (AvgIpc) is 2.75. The fourth-order valence-corrected chi connectivity index (χ4v) is 1.62. The summed E-state index contributed by atoms with van der Waals surface area (Å²) in [7, 11) is 1.69. The van der Waals surface area contributed by atoms with E-state index < -0.39 is 0 Å². The highest BCUT2D eigenvalue weighted by atomic mass is 127. The van der Waals surface area contributed by atoms with E-state index in [2.05, 4.69) is 25.9 Å². The molecular formula is C15H28IN5O2. The molecule has 0 aliphatic rings. The third-order valence-electron chi connectivity index (χ3n) is 3.09. The third-order valence-corrected chi connectivity index (χ3v) is 3.09. The van der Waals surface area contributed by atoms with Gasteiger partial charge in [-0.3, -0.25) is 9.79 Å². The molecule has 0 radical (unpaired) electrons. The van der Waals surface area contributed by atoms with E-state index in [0.29, 0.717) is 31.5 Å². The molecule has 0 bridgehead atoms. The van der Waals surface area contributed by atoms with Crippen LogP contribution >= 0.6 is 24.0 Å². The van der Waals surface area contributed by atoms with E-state index >= 15 is 0 Å². The quantitative estimate of drug-likeness (QED) is 0.283. The molecule has 0 saturated heterocycles. The SMILES string of the molecule is CN=C(NCCNC(=O)C(C)(C)C)NCc1nc(C)c(C)o1.I. The molecule has 1 heterocycles. The number of carbonyl (C=O) groups is 1. The maximum Gasteiger partial charge on any atom is 0.225 e. The van der Waals surface area contributed by atoms with Gasteiger partial charge in [-0.1, -0.05) is 20.8 Å². The smallest absolute Gasteiger partial charge is 0.225 e. The number of carbonyl (C=O) groups excluding carboxylic acids is 1. The molecule has 1 aromatic rings. The Morgan fingerprint density at radius 3 is 2.26 bits per heavy atom. The number of aryl methyl sites for hydroxylation is 2. The van der Waals surface area contributed by atoms with Crippen LogP contribution in [0.3, 0.4) is 0 Å². The van der Waals surface area contributed by atoms with Crippen LogP contribution in [0.5, 0.6) is 0 Å². The van der Waals surface area contributed by atoms with Crippen molar-refractivity contribution in [1.29, 1.82) is 0 Å². The monoisotopic (exact) mass is 437 g/mol. The summed E-state index contributed by atoms with van der Waals surface area (Å²) in [6, 6.07) is 0. The molecule has 0 spiro atoms. The molecule has 3 N–H and O–H groups in total. The minimum Gasteiger partial charge on any atom is -0.444 e. The Labute approximate surface area is 155 Å². The number of aliphatic imine (C=N–C) groups is 1. The Morgan fingerprint density at radius 1 is 1.17 bits per heavy atom. The molecule has 1 aromatic heterocycles. The van der Waals surface area contributed by atoms with E-state index in [9.17, 15) is 4.79 Å². The van der Waals surface area contributed by atoms with E-state index in [1.807, 2.05) is 34.6 Å². The highest BCUT2D eigenvalue weighted by Crippen LogP contribution is 2.11. The summed E-state index contributed by atoms with van der Waals surface area (Å²) < 4.78 is 5.49. The molecule has 1 amide bonds. The number of rotatable bonds is 5. The second kappa shape index (κ2) is 9.74. The zero-order valence-corrected chi connectivity index (χ0v) is 17.1. The number of hydrogen-bond acceptors (Lipinski definition) is 4. The normalized spacial score (nSPS) is 11.7. The van der Waals surface area contributed by atoms with Gasteiger partial charge in [0, 0.05) is 25.6 Å². The fraction of sp³-hybridized carbons (Fsp3) is 0.667. The first kappa shape index (κ1) is 21.7. The van der Waals surface area contributed by atoms with Crippen LogP contribution in [0.25, 0.3) is 0 Å². The van der Waals surface area contributed by atoms with Gasteiger partial charge in [-0.15, -0.1) is 24.0 Å². The number of nitrogens with zero attached hydrogens (tertiary/aromatic N) is 2. The van der Waals surface area contributed by atoms with Gasteiger partial charge in [-0.2, -0.15) is 0 Å². The Hall–Kier alpha value is -1.32. The highest BCUT2D eigenvalue weighted by Gasteiger charge is 2.20. The van der Waals surface area contributed by atoms with E-state index in [1.54, 1.807) is 7.05 Å². The summed E-state index contributed by atoms with van der Waals surface area (Å²) >= 11 is 0. The van der Waals surface area contributed by atoms with Gasteiger partial charge in [0.25, 0.3) is 0 Å². The van der Waals surface area contributed by atoms with Crippen LogP contribution in [0.4, 0.5) is 0 Å². The summed E-state index contributed by atoms with van der Waals surface area (Å²) in [6.45, 7) is 11.0. The van der Waals surface area contributed by atoms with E-state index in [-0.39, 0.29) is 35.3 Å². The molecule has 1 rings (SSSR count). The van der Waals surface area contributed by atoms with Crippen molar-refractivity contribution in [3.63, 3.8) is 0 Å². The Bertz CT molecular complexity index is 515. The Kier molecular flexibility index (Phi) is 9.18. The number of guanidine groups is 1. The predicted octanol–water partition coefficient (Wildman–Crippen LogP) is 1.74. The fourth-order valence-electron chi connectivity index (χ4n) is 1.62. The number of hydrogen-bond donors (Lipinski definition) is 3. The van der Waals surface area contributed by atoms with Gasteiger partial charge in [-0.05, 0) is 13.8 Å². The van der Waals surface area contributed by atoms with Crippen molar-refractivity contribution in [2.75, 3.05) is 20.1 Å². The first-order valence-corrected chi connectivity index (χ1v) is 7.39. The van der Waals surface area contributed by atoms with Crippen LogP contribution in [-0.2, 0) is 11.3 Å². The van der Waals surface area contributed by atoms with Crippen LogP contribution in [0.2, 0.25) is 0 Å². The summed E-state index contributed by atoms with van der Waals surface area (Å²) in [4.78, 5) is 20.1. The van der Waals surface area contributed by atoms with Crippen LogP contribution in [-0.4, -0.2) is 37.0 Å². The van der Waals surface area contributed by atoms with E-state index in [1.165, 1.54) is 0 Å². The lowest BCUT2D eigenvalue weighted by atomic mass is 9.96. The molecule has 23 heavy (non-hydrogen) atoms. The molecule has 0 atom stereocenters. The molecule has 7 nitrogen and oxygen atoms in total. The molecule has 0 aromatic carbocycles. The topological polar surface area (TPSA) is 91.5 Å². The number of halogens is 1. The van der Waals surface area contributed by atoms with Crippen molar-refractivity contribution in [2.24, 2.45) is 10.4 Å². The van der Waals surface area contributed by atoms with Crippen molar-refractivity contribution in [3.05, 3.63) is 17.3 Å².